The van der Waals surface area contributed by atoms with E-state index in [0.717, 1.165) is 18.7 Å². The second-order valence-corrected chi connectivity index (χ2v) is 14.0. The Morgan fingerprint density at radius 3 is 2.38 bits per heavy atom. The number of fused-ring (bicyclic) bond motifs is 1. The minimum Gasteiger partial charge on any atom is -0.474 e. The Kier molecular flexibility index (Phi) is 10.3. The number of amides is 2. The number of alkyl halides is 2. The SMILES string of the molecule is C[C@@H]1CN(CC(=O)N2c3cc(Cc4ccc(F)cc4)c(C(=O)N4CCC(F)(F)CC4)nc3OC[C@@H]2C)[C@@H](CN2[C@H](C)COC[C@H]2C)CN1. The number of nitrogens with zero attached hydrogens (tertiary/aromatic N) is 5. The van der Waals surface area contributed by atoms with E-state index in [0.29, 0.717) is 31.0 Å². The molecular weight excluding hydrogens is 625 g/mol. The Morgan fingerprint density at radius 2 is 1.69 bits per heavy atom. The van der Waals surface area contributed by atoms with Crippen LogP contribution in [0.25, 0.3) is 0 Å². The molecule has 1 aromatic carbocycles. The topological polar surface area (TPSA) is 90.5 Å². The molecule has 262 valence electrons. The van der Waals surface area contributed by atoms with E-state index in [1.807, 2.05) is 6.92 Å². The minimum atomic E-state index is -2.81. The average Bonchev–Trinajstić information content (AvgIpc) is 3.04. The number of pyridine rings is 1. The quantitative estimate of drug-likeness (QED) is 0.478. The highest BCUT2D eigenvalue weighted by molar-refractivity contribution is 5.99. The maximum absolute atomic E-state index is 14.3. The van der Waals surface area contributed by atoms with Crippen LogP contribution < -0.4 is 15.0 Å². The van der Waals surface area contributed by atoms with Gasteiger partial charge in [0.2, 0.25) is 11.8 Å². The smallest absolute Gasteiger partial charge is 0.272 e. The van der Waals surface area contributed by atoms with Gasteiger partial charge >= 0.3 is 0 Å². The summed E-state index contributed by atoms with van der Waals surface area (Å²) in [6.45, 7) is 12.3. The van der Waals surface area contributed by atoms with Crippen LogP contribution in [0.2, 0.25) is 0 Å². The van der Waals surface area contributed by atoms with Crippen LogP contribution in [-0.4, -0.2) is 127 Å². The van der Waals surface area contributed by atoms with Crippen molar-refractivity contribution in [2.24, 2.45) is 0 Å². The number of nitrogens with one attached hydrogen (secondary N) is 1. The molecule has 6 rings (SSSR count). The van der Waals surface area contributed by atoms with Gasteiger partial charge in [0.15, 0.2) is 0 Å². The minimum absolute atomic E-state index is 0.0879. The largest absolute Gasteiger partial charge is 0.474 e. The number of hydrogen-bond donors (Lipinski definition) is 1. The lowest BCUT2D eigenvalue weighted by molar-refractivity contribution is -0.122. The van der Waals surface area contributed by atoms with Gasteiger partial charge in [0.25, 0.3) is 11.8 Å². The predicted octanol–water partition coefficient (Wildman–Crippen LogP) is 3.57. The molecule has 3 saturated heterocycles. The summed E-state index contributed by atoms with van der Waals surface area (Å²) in [5.74, 6) is -3.59. The van der Waals surface area contributed by atoms with Crippen molar-refractivity contribution < 1.29 is 32.2 Å². The normalized spacial score (nSPS) is 28.1. The van der Waals surface area contributed by atoms with Gasteiger partial charge in [0, 0.05) is 69.7 Å². The van der Waals surface area contributed by atoms with Crippen LogP contribution in [-0.2, 0) is 16.0 Å². The van der Waals surface area contributed by atoms with Crippen molar-refractivity contribution in [2.75, 3.05) is 64.0 Å². The molecule has 5 atom stereocenters. The first kappa shape index (κ1) is 34.6. The van der Waals surface area contributed by atoms with E-state index in [4.69, 9.17) is 9.47 Å². The van der Waals surface area contributed by atoms with Crippen LogP contribution >= 0.6 is 0 Å². The number of anilines is 1. The summed E-state index contributed by atoms with van der Waals surface area (Å²) in [5.41, 5.74) is 1.81. The molecule has 13 heteroatoms. The molecule has 0 bridgehead atoms. The first-order valence-corrected chi connectivity index (χ1v) is 17.1. The van der Waals surface area contributed by atoms with Gasteiger partial charge < -0.3 is 24.6 Å². The summed E-state index contributed by atoms with van der Waals surface area (Å²) in [7, 11) is 0. The number of piperidine rings is 1. The standard InChI is InChI=1S/C35H47F3N6O4/c1-22-16-42(29(15-39-22)17-43-23(2)19-47-20-24(43)3)18-31(45)44-25(4)21-48-33-30(44)14-27(13-26-5-7-28(36)8-6-26)32(40-33)34(46)41-11-9-35(37,38)10-12-41/h5-8,14,22-25,29,39H,9-13,15-21H2,1-4H3/t22-,23-,24-,25+,29-/m1/s1. The van der Waals surface area contributed by atoms with Gasteiger partial charge in [-0.05, 0) is 63.4 Å². The fraction of sp³-hybridized carbons (Fsp3) is 0.629. The Bertz CT molecular complexity index is 1460. The molecular formula is C35H47F3N6O4. The monoisotopic (exact) mass is 672 g/mol. The van der Waals surface area contributed by atoms with Gasteiger partial charge in [-0.25, -0.2) is 18.2 Å². The van der Waals surface area contributed by atoms with Gasteiger partial charge in [0.1, 0.15) is 23.8 Å². The lowest BCUT2D eigenvalue weighted by Gasteiger charge is -2.46. The van der Waals surface area contributed by atoms with Crippen LogP contribution in [0.3, 0.4) is 0 Å². The number of halogens is 3. The first-order valence-electron chi connectivity index (χ1n) is 17.1. The molecule has 1 N–H and O–H groups in total. The lowest BCUT2D eigenvalue weighted by Crippen LogP contribution is -2.63. The van der Waals surface area contributed by atoms with Crippen molar-refractivity contribution in [2.45, 2.75) is 83.1 Å². The Morgan fingerprint density at radius 1 is 1.00 bits per heavy atom. The van der Waals surface area contributed by atoms with Crippen molar-refractivity contribution in [3.8, 4) is 5.88 Å². The number of rotatable bonds is 7. The predicted molar refractivity (Wildman–Crippen MR) is 175 cm³/mol. The molecule has 0 aliphatic carbocycles. The number of likely N-dealkylation sites (tertiary alicyclic amines) is 1. The third-order valence-corrected chi connectivity index (χ3v) is 10.1. The van der Waals surface area contributed by atoms with E-state index in [2.05, 4.69) is 40.9 Å². The van der Waals surface area contributed by atoms with Gasteiger partial charge in [-0.2, -0.15) is 0 Å². The van der Waals surface area contributed by atoms with Crippen LogP contribution in [0.1, 0.15) is 62.2 Å². The van der Waals surface area contributed by atoms with Gasteiger partial charge in [-0.1, -0.05) is 12.1 Å². The fourth-order valence-electron chi connectivity index (χ4n) is 7.32. The molecule has 0 radical (unpaired) electrons. The van der Waals surface area contributed by atoms with Crippen molar-refractivity contribution in [3.63, 3.8) is 0 Å². The number of carbonyl (C=O) groups excluding carboxylic acids is 2. The van der Waals surface area contributed by atoms with Crippen LogP contribution in [0.5, 0.6) is 5.88 Å². The van der Waals surface area contributed by atoms with Crippen molar-refractivity contribution in [1.82, 2.24) is 25.0 Å². The van der Waals surface area contributed by atoms with E-state index in [9.17, 15) is 22.8 Å². The number of ether oxygens (including phenoxy) is 2. The van der Waals surface area contributed by atoms with E-state index in [-0.39, 0.29) is 86.2 Å². The van der Waals surface area contributed by atoms with E-state index >= 15 is 0 Å². The third kappa shape index (κ3) is 7.64. The second-order valence-electron chi connectivity index (χ2n) is 14.0. The Labute approximate surface area is 280 Å². The lowest BCUT2D eigenvalue weighted by atomic mass is 10.00. The Hall–Kier alpha value is -3.26. The highest BCUT2D eigenvalue weighted by Gasteiger charge is 2.39. The second kappa shape index (κ2) is 14.3. The number of morpholine rings is 1. The molecule has 2 amide bonds. The third-order valence-electron chi connectivity index (χ3n) is 10.1. The number of carbonyl (C=O) groups is 2. The molecule has 3 fully saturated rings. The van der Waals surface area contributed by atoms with E-state index < -0.39 is 24.7 Å². The molecule has 48 heavy (non-hydrogen) atoms. The van der Waals surface area contributed by atoms with Crippen LogP contribution in [0.4, 0.5) is 18.9 Å². The zero-order valence-corrected chi connectivity index (χ0v) is 28.3. The van der Waals surface area contributed by atoms with Crippen LogP contribution in [0.15, 0.2) is 30.3 Å². The maximum Gasteiger partial charge on any atom is 0.272 e. The van der Waals surface area contributed by atoms with Crippen molar-refractivity contribution in [3.05, 3.63) is 53.0 Å². The zero-order chi connectivity index (χ0) is 34.2. The van der Waals surface area contributed by atoms with Crippen molar-refractivity contribution in [1.29, 1.82) is 0 Å². The number of hydrogen-bond acceptors (Lipinski definition) is 8. The summed E-state index contributed by atoms with van der Waals surface area (Å²) in [6.07, 6.45) is -0.597. The Balaban J connectivity index is 1.29. The summed E-state index contributed by atoms with van der Waals surface area (Å²) >= 11 is 0. The average molecular weight is 673 g/mol. The highest BCUT2D eigenvalue weighted by Crippen LogP contribution is 2.36. The fourth-order valence-corrected chi connectivity index (χ4v) is 7.32. The van der Waals surface area contributed by atoms with E-state index in [1.165, 1.54) is 17.0 Å². The summed E-state index contributed by atoms with van der Waals surface area (Å²) in [6, 6.07) is 8.32. The molecule has 0 saturated carbocycles. The van der Waals surface area contributed by atoms with Gasteiger partial charge in [0.05, 0.1) is 25.8 Å². The summed E-state index contributed by atoms with van der Waals surface area (Å²) in [5, 5.41) is 3.59. The zero-order valence-electron chi connectivity index (χ0n) is 28.3. The molecule has 4 aliphatic rings. The van der Waals surface area contributed by atoms with Gasteiger partial charge in [-0.3, -0.25) is 19.4 Å². The van der Waals surface area contributed by atoms with Crippen molar-refractivity contribution >= 4 is 17.5 Å². The van der Waals surface area contributed by atoms with Gasteiger partial charge in [-0.15, -0.1) is 0 Å². The maximum atomic E-state index is 14.3. The molecule has 5 heterocycles. The number of piperazine rings is 1. The first-order chi connectivity index (χ1) is 22.9. The highest BCUT2D eigenvalue weighted by atomic mass is 19.3. The summed E-state index contributed by atoms with van der Waals surface area (Å²) < 4.78 is 53.4. The number of aromatic nitrogens is 1. The molecule has 1 aromatic heterocycles. The summed E-state index contributed by atoms with van der Waals surface area (Å²) in [4.78, 5) is 40.6. The molecule has 2 aromatic rings. The molecule has 10 nitrogen and oxygen atoms in total. The molecule has 4 aliphatic heterocycles. The molecule has 0 spiro atoms. The number of benzene rings is 1. The molecule has 0 unspecified atom stereocenters. The van der Waals surface area contributed by atoms with Crippen LogP contribution in [0, 0.1) is 5.82 Å². The van der Waals surface area contributed by atoms with E-state index in [1.54, 1.807) is 23.1 Å².